The molecule has 0 amide bonds. The number of para-hydroxylation sites is 3. The summed E-state index contributed by atoms with van der Waals surface area (Å²) in [6.45, 7) is 0. The van der Waals surface area contributed by atoms with Gasteiger partial charge in [-0.1, -0.05) is 140 Å². The molecule has 0 fully saturated rings. The lowest BCUT2D eigenvalue weighted by atomic mass is 9.86. The fourth-order valence-electron chi connectivity index (χ4n) is 9.35. The van der Waals surface area contributed by atoms with E-state index in [0.29, 0.717) is 0 Å². The van der Waals surface area contributed by atoms with Gasteiger partial charge in [-0.25, -0.2) is 0 Å². The molecular weight excluding hydrogens is 693 g/mol. The third kappa shape index (κ3) is 5.90. The first-order valence-corrected chi connectivity index (χ1v) is 20.3. The number of furan rings is 1. The molecule has 57 heavy (non-hydrogen) atoms. The lowest BCUT2D eigenvalue weighted by Crippen LogP contribution is -2.29. The molecule has 0 saturated carbocycles. The van der Waals surface area contributed by atoms with Crippen LogP contribution in [0.3, 0.4) is 0 Å². The largest absolute Gasteiger partial charge is 0.454 e. The number of allylic oxidation sites excluding steroid dienone is 7. The molecule has 3 aliphatic carbocycles. The second-order valence-electron chi connectivity index (χ2n) is 15.5. The van der Waals surface area contributed by atoms with Crippen molar-refractivity contribution >= 4 is 56.6 Å². The Balaban J connectivity index is 0.887. The first kappa shape index (κ1) is 33.5. The summed E-state index contributed by atoms with van der Waals surface area (Å²) in [5.74, 6) is 1.23. The quantitative estimate of drug-likeness (QED) is 0.163. The van der Waals surface area contributed by atoms with Crippen molar-refractivity contribution in [1.29, 1.82) is 0 Å². The Hall–Kier alpha value is -6.84. The average molecular weight is 735 g/mol. The predicted octanol–water partition coefficient (Wildman–Crippen LogP) is 14.5. The van der Waals surface area contributed by atoms with Gasteiger partial charge in [-0.15, -0.1) is 0 Å². The van der Waals surface area contributed by atoms with Gasteiger partial charge in [0.1, 0.15) is 5.76 Å². The van der Waals surface area contributed by atoms with Gasteiger partial charge in [-0.05, 0) is 119 Å². The molecular formula is C54H42N2O. The zero-order valence-corrected chi connectivity index (χ0v) is 31.8. The number of fused-ring (bicyclic) bond motifs is 6. The van der Waals surface area contributed by atoms with Crippen LogP contribution in [0.1, 0.15) is 53.2 Å². The summed E-state index contributed by atoms with van der Waals surface area (Å²) in [7, 11) is 0. The number of hydrogen-bond donors (Lipinski definition) is 0. The molecule has 1 aliphatic heterocycles. The van der Waals surface area contributed by atoms with Gasteiger partial charge >= 0.3 is 0 Å². The van der Waals surface area contributed by atoms with Gasteiger partial charge in [0.05, 0.1) is 11.7 Å². The fourth-order valence-corrected chi connectivity index (χ4v) is 9.35. The minimum atomic E-state index is 0.162. The van der Waals surface area contributed by atoms with Crippen molar-refractivity contribution < 1.29 is 4.42 Å². The molecule has 0 saturated heterocycles. The van der Waals surface area contributed by atoms with E-state index in [2.05, 4.69) is 204 Å². The van der Waals surface area contributed by atoms with E-state index in [0.717, 1.165) is 59.8 Å². The second-order valence-corrected chi connectivity index (χ2v) is 15.5. The van der Waals surface area contributed by atoms with E-state index in [1.54, 1.807) is 0 Å². The number of nitrogens with zero attached hydrogens (tertiary/aromatic N) is 2. The molecule has 0 spiro atoms. The molecule has 0 N–H and O–H groups in total. The van der Waals surface area contributed by atoms with Crippen LogP contribution in [-0.4, -0.2) is 6.04 Å². The van der Waals surface area contributed by atoms with Crippen LogP contribution >= 0.6 is 0 Å². The van der Waals surface area contributed by atoms with Crippen LogP contribution in [0.25, 0.3) is 39.3 Å². The second kappa shape index (κ2) is 14.0. The number of rotatable bonds is 7. The third-order valence-corrected chi connectivity index (χ3v) is 12.2. The van der Waals surface area contributed by atoms with Crippen molar-refractivity contribution in [3.63, 3.8) is 0 Å². The summed E-state index contributed by atoms with van der Waals surface area (Å²) in [6.07, 6.45) is 22.5. The normalized spacial score (nSPS) is 17.9. The Bertz CT molecular complexity index is 2780. The highest BCUT2D eigenvalue weighted by molar-refractivity contribution is 5.98. The highest BCUT2D eigenvalue weighted by Gasteiger charge is 2.39. The number of hydrogen-bond acceptors (Lipinski definition) is 3. The SMILES string of the molecule is C1=CCCC(c2ccc(-c3ccc(N(c4ccccc4)c4ccc(C5=CC6c7ccccc7N(c7cccc8c9c(oc78)C=CCC9)C6C=C5)cc4)cc3)cc2)=C1. The van der Waals surface area contributed by atoms with Gasteiger partial charge in [-0.3, -0.25) is 0 Å². The van der Waals surface area contributed by atoms with Crippen molar-refractivity contribution in [2.24, 2.45) is 0 Å². The lowest BCUT2D eigenvalue weighted by Gasteiger charge is -2.30. The Labute approximate surface area is 334 Å². The molecule has 1 aromatic heterocycles. The minimum absolute atomic E-state index is 0.162. The summed E-state index contributed by atoms with van der Waals surface area (Å²) in [5.41, 5.74) is 17.0. The number of benzene rings is 6. The van der Waals surface area contributed by atoms with Crippen LogP contribution in [0, 0.1) is 0 Å². The highest BCUT2D eigenvalue weighted by Crippen LogP contribution is 2.51. The van der Waals surface area contributed by atoms with Crippen LogP contribution < -0.4 is 9.80 Å². The molecule has 274 valence electrons. The van der Waals surface area contributed by atoms with Crippen molar-refractivity contribution in [2.45, 2.75) is 37.6 Å². The monoisotopic (exact) mass is 734 g/mol. The van der Waals surface area contributed by atoms with E-state index in [4.69, 9.17) is 4.42 Å². The molecule has 6 aromatic carbocycles. The first-order chi connectivity index (χ1) is 28.3. The van der Waals surface area contributed by atoms with Gasteiger partial charge in [0, 0.05) is 39.6 Å². The zero-order valence-electron chi connectivity index (χ0n) is 31.8. The molecule has 2 atom stereocenters. The lowest BCUT2D eigenvalue weighted by molar-refractivity contribution is 0.594. The highest BCUT2D eigenvalue weighted by atomic mass is 16.3. The van der Waals surface area contributed by atoms with E-state index in [9.17, 15) is 0 Å². The van der Waals surface area contributed by atoms with E-state index in [-0.39, 0.29) is 12.0 Å². The van der Waals surface area contributed by atoms with Crippen LogP contribution in [0.5, 0.6) is 0 Å². The summed E-state index contributed by atoms with van der Waals surface area (Å²) < 4.78 is 6.59. The van der Waals surface area contributed by atoms with Crippen molar-refractivity contribution in [1.82, 2.24) is 0 Å². The summed E-state index contributed by atoms with van der Waals surface area (Å²) in [4.78, 5) is 4.84. The Kier molecular flexibility index (Phi) is 8.24. The summed E-state index contributed by atoms with van der Waals surface area (Å²) in [6, 6.07) is 53.4. The average Bonchev–Trinajstić information content (AvgIpc) is 3.83. The molecule has 4 aliphatic rings. The van der Waals surface area contributed by atoms with Crippen molar-refractivity contribution in [3.8, 4) is 11.1 Å². The Morgan fingerprint density at radius 2 is 1.23 bits per heavy atom. The van der Waals surface area contributed by atoms with Crippen molar-refractivity contribution in [3.05, 3.63) is 216 Å². The third-order valence-electron chi connectivity index (χ3n) is 12.2. The maximum absolute atomic E-state index is 6.59. The first-order valence-electron chi connectivity index (χ1n) is 20.3. The Morgan fingerprint density at radius 3 is 2.00 bits per heavy atom. The maximum Gasteiger partial charge on any atom is 0.158 e. The van der Waals surface area contributed by atoms with Crippen LogP contribution in [0.2, 0.25) is 0 Å². The molecule has 11 rings (SSSR count). The molecule has 0 bridgehead atoms. The van der Waals surface area contributed by atoms with E-state index in [1.807, 2.05) is 0 Å². The number of aryl methyl sites for hydroxylation is 1. The van der Waals surface area contributed by atoms with Crippen molar-refractivity contribution in [2.75, 3.05) is 9.80 Å². The summed E-state index contributed by atoms with van der Waals surface area (Å²) in [5, 5.41) is 1.24. The maximum atomic E-state index is 6.59. The molecule has 3 heteroatoms. The van der Waals surface area contributed by atoms with Gasteiger partial charge < -0.3 is 14.2 Å². The standard InChI is InChI=1S/C54H42N2O/c1-3-12-37(13-4-1)38-22-24-39(25-23-38)40-26-31-44(32-27-40)55(43-14-5-2-6-15-43)45-33-28-41(29-34-45)42-30-35-51-49(36-42)46-16-7-9-19-50(46)56(51)52-20-11-18-48-47-17-8-10-21-53(47)57-54(48)52/h1-3,5-7,9-12,14-16,18-36,49,51H,4,8,13,17H2. The van der Waals surface area contributed by atoms with Gasteiger partial charge in [0.15, 0.2) is 5.58 Å². The zero-order chi connectivity index (χ0) is 37.7. The predicted molar refractivity (Wildman–Crippen MR) is 239 cm³/mol. The molecule has 3 nitrogen and oxygen atoms in total. The number of anilines is 5. The van der Waals surface area contributed by atoms with Gasteiger partial charge in [-0.2, -0.15) is 0 Å². The molecule has 0 radical (unpaired) electrons. The van der Waals surface area contributed by atoms with E-state index in [1.165, 1.54) is 55.6 Å². The van der Waals surface area contributed by atoms with Crippen LogP contribution in [0.4, 0.5) is 28.4 Å². The topological polar surface area (TPSA) is 19.6 Å². The fraction of sp³-hybridized carbons (Fsp3) is 0.111. The smallest absolute Gasteiger partial charge is 0.158 e. The van der Waals surface area contributed by atoms with E-state index < -0.39 is 0 Å². The summed E-state index contributed by atoms with van der Waals surface area (Å²) >= 11 is 0. The minimum Gasteiger partial charge on any atom is -0.454 e. The Morgan fingerprint density at radius 1 is 0.561 bits per heavy atom. The van der Waals surface area contributed by atoms with Crippen LogP contribution in [0.15, 0.2) is 193 Å². The molecule has 2 heterocycles. The van der Waals surface area contributed by atoms with Crippen LogP contribution in [-0.2, 0) is 6.42 Å². The molecule has 7 aromatic rings. The van der Waals surface area contributed by atoms with Gasteiger partial charge in [0.2, 0.25) is 0 Å². The van der Waals surface area contributed by atoms with Gasteiger partial charge in [0.25, 0.3) is 0 Å². The van der Waals surface area contributed by atoms with E-state index >= 15 is 0 Å². The molecule has 2 unspecified atom stereocenters.